The Morgan fingerprint density at radius 1 is 1.15 bits per heavy atom. The van der Waals surface area contributed by atoms with E-state index in [1.807, 2.05) is 50.2 Å². The number of nitrogens with one attached hydrogen (secondary N) is 2. The van der Waals surface area contributed by atoms with Crippen molar-refractivity contribution in [2.75, 3.05) is 17.5 Å². The first-order valence-corrected chi connectivity index (χ1v) is 12.9. The van der Waals surface area contributed by atoms with Gasteiger partial charge in [-0.15, -0.1) is 0 Å². The van der Waals surface area contributed by atoms with Crippen molar-refractivity contribution < 1.29 is 18.3 Å². The minimum Gasteiger partial charge on any atom is -0.385 e. The molecule has 1 aliphatic rings. The average Bonchev–Trinajstić information content (AvgIpc) is 3.60. The summed E-state index contributed by atoms with van der Waals surface area (Å²) in [7, 11) is -3.32. The van der Waals surface area contributed by atoms with Crippen LogP contribution in [0.2, 0.25) is 0 Å². The van der Waals surface area contributed by atoms with Crippen molar-refractivity contribution >= 4 is 32.5 Å². The van der Waals surface area contributed by atoms with Gasteiger partial charge < -0.3 is 10.4 Å². The number of aryl methyl sites for hydroxylation is 1. The first-order valence-electron chi connectivity index (χ1n) is 11.0. The normalized spacial score (nSPS) is 15.8. The van der Waals surface area contributed by atoms with Crippen LogP contribution in [0.1, 0.15) is 46.9 Å². The molecule has 0 radical (unpaired) electrons. The smallest absolute Gasteiger partial charge is 0.269 e. The summed E-state index contributed by atoms with van der Waals surface area (Å²) in [6, 6.07) is 14.7. The number of pyridine rings is 1. The third kappa shape index (κ3) is 5.51. The number of aliphatic hydroxyl groups is 1. The van der Waals surface area contributed by atoms with Gasteiger partial charge in [-0.25, -0.2) is 13.4 Å². The van der Waals surface area contributed by atoms with Crippen LogP contribution in [0.4, 0.5) is 5.69 Å². The number of sulfonamides is 1. The van der Waals surface area contributed by atoms with E-state index in [0.29, 0.717) is 35.8 Å². The summed E-state index contributed by atoms with van der Waals surface area (Å²) in [5.41, 5.74) is 3.46. The number of carbonyl (C=O) groups is 1. The first-order chi connectivity index (χ1) is 15.5. The highest BCUT2D eigenvalue weighted by Crippen LogP contribution is 2.45. The molecule has 33 heavy (non-hydrogen) atoms. The van der Waals surface area contributed by atoms with E-state index in [9.17, 15) is 18.3 Å². The Bertz CT molecular complexity index is 1310. The second kappa shape index (κ2) is 8.76. The number of anilines is 1. The molecular weight excluding hydrogens is 438 g/mol. The van der Waals surface area contributed by atoms with E-state index in [1.54, 1.807) is 12.1 Å². The zero-order valence-electron chi connectivity index (χ0n) is 19.1. The maximum absolute atomic E-state index is 12.6. The molecule has 1 saturated carbocycles. The molecule has 1 amide bonds. The number of aromatic nitrogens is 1. The molecule has 0 spiro atoms. The number of nitrogens with zero attached hydrogens (tertiary/aromatic N) is 1. The quantitative estimate of drug-likeness (QED) is 0.470. The SMILES string of the molecule is Cc1cc(CCNC(=O)c2ccc3cc([C@](C)(O)C4CC4)ccc3n2)ccc1NS(C)(=O)=O. The maximum atomic E-state index is 12.6. The van der Waals surface area contributed by atoms with Crippen molar-refractivity contribution in [1.29, 1.82) is 0 Å². The van der Waals surface area contributed by atoms with Crippen LogP contribution >= 0.6 is 0 Å². The molecule has 1 heterocycles. The van der Waals surface area contributed by atoms with E-state index in [0.717, 1.165) is 41.2 Å². The lowest BCUT2D eigenvalue weighted by Gasteiger charge is -2.23. The summed E-state index contributed by atoms with van der Waals surface area (Å²) >= 11 is 0. The van der Waals surface area contributed by atoms with Crippen LogP contribution in [-0.2, 0) is 22.0 Å². The zero-order valence-corrected chi connectivity index (χ0v) is 19.9. The number of fused-ring (bicyclic) bond motifs is 1. The van der Waals surface area contributed by atoms with Crippen LogP contribution in [0.5, 0.6) is 0 Å². The van der Waals surface area contributed by atoms with Gasteiger partial charge in [0.05, 0.1) is 23.1 Å². The topological polar surface area (TPSA) is 108 Å². The lowest BCUT2D eigenvalue weighted by atomic mass is 9.90. The van der Waals surface area contributed by atoms with Crippen LogP contribution in [0.25, 0.3) is 10.9 Å². The summed E-state index contributed by atoms with van der Waals surface area (Å²) in [4.78, 5) is 17.1. The molecule has 1 aliphatic carbocycles. The number of hydrogen-bond acceptors (Lipinski definition) is 5. The summed E-state index contributed by atoms with van der Waals surface area (Å²) in [6.07, 6.45) is 3.82. The third-order valence-electron chi connectivity index (χ3n) is 6.16. The highest BCUT2D eigenvalue weighted by Gasteiger charge is 2.41. The van der Waals surface area contributed by atoms with Gasteiger partial charge >= 0.3 is 0 Å². The Labute approximate surface area is 194 Å². The molecule has 1 aromatic heterocycles. The second-order valence-corrected chi connectivity index (χ2v) is 10.8. The molecule has 3 N–H and O–H groups in total. The average molecular weight is 468 g/mol. The number of hydrogen-bond donors (Lipinski definition) is 3. The largest absolute Gasteiger partial charge is 0.385 e. The number of amides is 1. The van der Waals surface area contributed by atoms with Crippen LogP contribution in [0, 0.1) is 12.8 Å². The Hall–Kier alpha value is -2.97. The Morgan fingerprint density at radius 3 is 2.58 bits per heavy atom. The number of rotatable bonds is 8. The highest BCUT2D eigenvalue weighted by molar-refractivity contribution is 7.92. The van der Waals surface area contributed by atoms with Crippen LogP contribution in [0.15, 0.2) is 48.5 Å². The predicted octanol–water partition coefficient (Wildman–Crippen LogP) is 3.50. The third-order valence-corrected chi connectivity index (χ3v) is 6.75. The zero-order chi connectivity index (χ0) is 23.8. The number of benzene rings is 2. The minimum absolute atomic E-state index is 0.252. The van der Waals surface area contributed by atoms with Gasteiger partial charge in [0.1, 0.15) is 5.69 Å². The summed E-state index contributed by atoms with van der Waals surface area (Å²) in [5.74, 6) is 0.0573. The van der Waals surface area contributed by atoms with E-state index in [-0.39, 0.29) is 5.91 Å². The molecular formula is C25H29N3O4S. The second-order valence-electron chi connectivity index (χ2n) is 9.06. The molecule has 4 rings (SSSR count). The van der Waals surface area contributed by atoms with E-state index in [1.165, 1.54) is 0 Å². The van der Waals surface area contributed by atoms with Crippen LogP contribution in [-0.4, -0.2) is 37.2 Å². The van der Waals surface area contributed by atoms with Gasteiger partial charge in [-0.3, -0.25) is 9.52 Å². The molecule has 3 aromatic rings. The van der Waals surface area contributed by atoms with Gasteiger partial charge in [0.25, 0.3) is 5.91 Å². The molecule has 0 bridgehead atoms. The fourth-order valence-corrected chi connectivity index (χ4v) is 4.68. The van der Waals surface area contributed by atoms with Crippen molar-refractivity contribution in [1.82, 2.24) is 10.3 Å². The van der Waals surface area contributed by atoms with E-state index in [4.69, 9.17) is 0 Å². The van der Waals surface area contributed by atoms with Crippen molar-refractivity contribution in [3.8, 4) is 0 Å². The molecule has 0 aliphatic heterocycles. The Kier molecular flexibility index (Phi) is 6.16. The fourth-order valence-electron chi connectivity index (χ4n) is 4.05. The lowest BCUT2D eigenvalue weighted by molar-refractivity contribution is 0.0332. The highest BCUT2D eigenvalue weighted by atomic mass is 32.2. The van der Waals surface area contributed by atoms with Crippen LogP contribution in [0.3, 0.4) is 0 Å². The molecule has 8 heteroatoms. The minimum atomic E-state index is -3.32. The van der Waals surface area contributed by atoms with Gasteiger partial charge in [-0.05, 0) is 80.0 Å². The van der Waals surface area contributed by atoms with Gasteiger partial charge in [0.2, 0.25) is 10.0 Å². The summed E-state index contributed by atoms with van der Waals surface area (Å²) in [6.45, 7) is 4.13. The molecule has 174 valence electrons. The molecule has 0 saturated heterocycles. The van der Waals surface area contributed by atoms with Crippen molar-refractivity contribution in [2.45, 2.75) is 38.7 Å². The van der Waals surface area contributed by atoms with Gasteiger partial charge in [-0.1, -0.05) is 24.3 Å². The van der Waals surface area contributed by atoms with Crippen molar-refractivity contribution in [3.05, 3.63) is 70.9 Å². The van der Waals surface area contributed by atoms with Gasteiger partial charge in [0, 0.05) is 11.9 Å². The van der Waals surface area contributed by atoms with Crippen molar-refractivity contribution in [3.63, 3.8) is 0 Å². The van der Waals surface area contributed by atoms with E-state index in [2.05, 4.69) is 15.0 Å². The van der Waals surface area contributed by atoms with Crippen molar-refractivity contribution in [2.24, 2.45) is 5.92 Å². The van der Waals surface area contributed by atoms with Gasteiger partial charge in [0.15, 0.2) is 0 Å². The lowest BCUT2D eigenvalue weighted by Crippen LogP contribution is -2.26. The molecule has 1 atom stereocenters. The molecule has 2 aromatic carbocycles. The molecule has 0 unspecified atom stereocenters. The molecule has 7 nitrogen and oxygen atoms in total. The van der Waals surface area contributed by atoms with Crippen LogP contribution < -0.4 is 10.0 Å². The number of carbonyl (C=O) groups excluding carboxylic acids is 1. The fraction of sp³-hybridized carbons (Fsp3) is 0.360. The Morgan fingerprint density at radius 2 is 1.91 bits per heavy atom. The Balaban J connectivity index is 1.38. The molecule has 1 fully saturated rings. The van der Waals surface area contributed by atoms with E-state index >= 15 is 0 Å². The standard InChI is InChI=1S/C25H29N3O4S/c1-16-14-17(4-9-21(16)28-33(3,31)32)12-13-26-24(29)23-10-5-18-15-20(8-11-22(18)27-23)25(2,30)19-6-7-19/h4-5,8-11,14-15,19,28,30H,6-7,12-13H2,1-3H3,(H,26,29)/t25-/m1/s1. The predicted molar refractivity (Wildman–Crippen MR) is 130 cm³/mol. The maximum Gasteiger partial charge on any atom is 0.269 e. The van der Waals surface area contributed by atoms with Gasteiger partial charge in [-0.2, -0.15) is 0 Å². The van der Waals surface area contributed by atoms with E-state index < -0.39 is 15.6 Å². The summed E-state index contributed by atoms with van der Waals surface area (Å²) in [5, 5.41) is 14.6. The summed E-state index contributed by atoms with van der Waals surface area (Å²) < 4.78 is 25.3. The monoisotopic (exact) mass is 467 g/mol. The first kappa shape index (κ1) is 23.2.